The average Bonchev–Trinajstić information content (AvgIpc) is 3.70. The predicted molar refractivity (Wildman–Crippen MR) is 131 cm³/mol. The number of aromatic nitrogens is 6. The summed E-state index contributed by atoms with van der Waals surface area (Å²) < 4.78 is 91.6. The average molecular weight is 580 g/mol. The molecule has 0 spiro atoms. The second-order valence-electron chi connectivity index (χ2n) is 9.36. The van der Waals surface area contributed by atoms with E-state index in [4.69, 9.17) is 9.47 Å². The largest absolute Gasteiger partial charge is 0.480 e. The molecule has 0 bridgehead atoms. The molecule has 1 unspecified atom stereocenters. The van der Waals surface area contributed by atoms with Crippen LogP contribution in [0.15, 0.2) is 43.0 Å². The third-order valence-electron chi connectivity index (χ3n) is 6.36. The molecule has 0 saturated heterocycles. The number of aliphatic hydroxyl groups is 1. The summed E-state index contributed by atoms with van der Waals surface area (Å²) >= 11 is 0. The monoisotopic (exact) mass is 580 g/mol. The highest BCUT2D eigenvalue weighted by molar-refractivity contribution is 5.66. The van der Waals surface area contributed by atoms with Gasteiger partial charge in [-0.2, -0.15) is 31.3 Å². The van der Waals surface area contributed by atoms with Crippen LogP contribution >= 0.6 is 0 Å². The van der Waals surface area contributed by atoms with Crippen molar-refractivity contribution in [1.29, 1.82) is 0 Å². The number of halogens is 6. The summed E-state index contributed by atoms with van der Waals surface area (Å²) in [6.07, 6.45) is -7.82. The molecule has 4 aromatic rings. The van der Waals surface area contributed by atoms with E-state index in [1.807, 2.05) is 0 Å². The number of ether oxygens (including phenoxy) is 2. The summed E-state index contributed by atoms with van der Waals surface area (Å²) in [7, 11) is 2.80. The first kappa shape index (κ1) is 28.3. The van der Waals surface area contributed by atoms with Crippen LogP contribution in [0.4, 0.5) is 26.3 Å². The third kappa shape index (κ3) is 5.94. The molecule has 1 aliphatic rings. The quantitative estimate of drug-likeness (QED) is 0.276. The Hall–Kier alpha value is -4.27. The van der Waals surface area contributed by atoms with E-state index in [-0.39, 0.29) is 30.1 Å². The molecule has 216 valence electrons. The Morgan fingerprint density at radius 2 is 1.71 bits per heavy atom. The summed E-state index contributed by atoms with van der Waals surface area (Å²) in [5.41, 5.74) is 0.00910. The van der Waals surface area contributed by atoms with Crippen LogP contribution in [0.2, 0.25) is 0 Å². The summed E-state index contributed by atoms with van der Waals surface area (Å²) in [4.78, 5) is 20.2. The number of aryl methyl sites for hydroxylation is 1. The van der Waals surface area contributed by atoms with Gasteiger partial charge in [0.05, 0.1) is 18.4 Å². The van der Waals surface area contributed by atoms with E-state index in [9.17, 15) is 31.4 Å². The Balaban J connectivity index is 1.45. The fourth-order valence-corrected chi connectivity index (χ4v) is 4.16. The lowest BCUT2D eigenvalue weighted by Crippen LogP contribution is -2.22. The molecule has 9 nitrogen and oxygen atoms in total. The van der Waals surface area contributed by atoms with Crippen molar-refractivity contribution < 1.29 is 40.9 Å². The van der Waals surface area contributed by atoms with Crippen molar-refractivity contribution in [3.8, 4) is 34.5 Å². The Kier molecular flexibility index (Phi) is 7.32. The molecule has 1 aromatic carbocycles. The van der Waals surface area contributed by atoms with Gasteiger partial charge in [-0.3, -0.25) is 0 Å². The topological polar surface area (TPSA) is 108 Å². The van der Waals surface area contributed by atoms with E-state index >= 15 is 0 Å². The Bertz CT molecular complexity index is 1550. The van der Waals surface area contributed by atoms with Gasteiger partial charge in [0.1, 0.15) is 24.3 Å². The number of imidazole rings is 1. The molecule has 41 heavy (non-hydrogen) atoms. The molecular formula is C26H22F6N6O3. The fraction of sp³-hybridized carbons (Fsp3) is 0.346. The maximum atomic E-state index is 13.4. The maximum Gasteiger partial charge on any atom is 0.434 e. The van der Waals surface area contributed by atoms with Crippen molar-refractivity contribution in [2.45, 2.75) is 43.8 Å². The van der Waals surface area contributed by atoms with Gasteiger partial charge in [-0.15, -0.1) is 0 Å². The zero-order valence-corrected chi connectivity index (χ0v) is 21.5. The molecule has 3 aromatic heterocycles. The van der Waals surface area contributed by atoms with E-state index in [0.717, 1.165) is 25.2 Å². The van der Waals surface area contributed by atoms with Crippen molar-refractivity contribution in [1.82, 2.24) is 29.5 Å². The molecule has 5 rings (SSSR count). The maximum absolute atomic E-state index is 13.4. The number of methoxy groups -OCH3 is 1. The Labute approximate surface area is 228 Å². The van der Waals surface area contributed by atoms with Crippen molar-refractivity contribution in [2.75, 3.05) is 7.11 Å². The van der Waals surface area contributed by atoms with Crippen LogP contribution in [0.5, 0.6) is 11.8 Å². The van der Waals surface area contributed by atoms with Crippen LogP contribution in [0.3, 0.4) is 0 Å². The van der Waals surface area contributed by atoms with Crippen molar-refractivity contribution in [2.24, 2.45) is 7.05 Å². The van der Waals surface area contributed by atoms with Gasteiger partial charge >= 0.3 is 12.4 Å². The molecule has 0 amide bonds. The molecule has 3 heterocycles. The highest BCUT2D eigenvalue weighted by Gasteiger charge is 2.42. The number of hydrogen-bond donors (Lipinski definition) is 1. The first-order valence-electron chi connectivity index (χ1n) is 12.2. The number of nitrogens with zero attached hydrogens (tertiary/aromatic N) is 6. The Morgan fingerprint density at radius 3 is 2.29 bits per heavy atom. The molecule has 1 saturated carbocycles. The number of hydrogen-bond acceptors (Lipinski definition) is 8. The van der Waals surface area contributed by atoms with Crippen molar-refractivity contribution in [3.63, 3.8) is 0 Å². The van der Waals surface area contributed by atoms with Gasteiger partial charge in [0.2, 0.25) is 11.8 Å². The first-order chi connectivity index (χ1) is 19.4. The van der Waals surface area contributed by atoms with Gasteiger partial charge in [0.15, 0.2) is 17.6 Å². The molecule has 0 aliphatic heterocycles. The lowest BCUT2D eigenvalue weighted by atomic mass is 10.1. The van der Waals surface area contributed by atoms with E-state index in [1.165, 1.54) is 49.3 Å². The standard InChI is InChI=1S/C26H22F6N6O3/c1-38-10-17(25(27,28)29)36-22(38)15-5-3-13(4-6-15)11-41-23-16(20(39)26(30,31)32)9-33-21(37-23)18-19(14-7-8-14)34-12-35-24(18)40-2/h3-6,9-10,12,14,20,39H,7-8,11H2,1-2H3. The lowest BCUT2D eigenvalue weighted by Gasteiger charge is -2.19. The zero-order valence-electron chi connectivity index (χ0n) is 21.5. The van der Waals surface area contributed by atoms with E-state index < -0.39 is 35.6 Å². The normalized spacial score (nSPS) is 14.7. The minimum absolute atomic E-state index is 0.0388. The minimum atomic E-state index is -5.02. The molecule has 1 fully saturated rings. The summed E-state index contributed by atoms with van der Waals surface area (Å²) in [5.74, 6) is -0.250. The van der Waals surface area contributed by atoms with Gasteiger partial charge in [-0.05, 0) is 18.4 Å². The molecule has 1 atom stereocenters. The van der Waals surface area contributed by atoms with Crippen LogP contribution in [0, 0.1) is 0 Å². The van der Waals surface area contributed by atoms with Crippen molar-refractivity contribution >= 4 is 0 Å². The van der Waals surface area contributed by atoms with Crippen LogP contribution < -0.4 is 9.47 Å². The molecule has 1 N–H and O–H groups in total. The summed E-state index contributed by atoms with van der Waals surface area (Å²) in [6, 6.07) is 6.06. The van der Waals surface area contributed by atoms with Gasteiger partial charge < -0.3 is 19.1 Å². The van der Waals surface area contributed by atoms with E-state index in [1.54, 1.807) is 0 Å². The third-order valence-corrected chi connectivity index (χ3v) is 6.36. The Morgan fingerprint density at radius 1 is 1.00 bits per heavy atom. The van der Waals surface area contributed by atoms with Gasteiger partial charge in [-0.25, -0.2) is 19.9 Å². The molecular weight excluding hydrogens is 558 g/mol. The van der Waals surface area contributed by atoms with Gasteiger partial charge in [0, 0.05) is 30.9 Å². The molecule has 0 radical (unpaired) electrons. The van der Waals surface area contributed by atoms with Crippen LogP contribution in [0.25, 0.3) is 22.8 Å². The number of alkyl halides is 6. The number of benzene rings is 1. The molecule has 1 aliphatic carbocycles. The van der Waals surface area contributed by atoms with Gasteiger partial charge in [0.25, 0.3) is 0 Å². The predicted octanol–water partition coefficient (Wildman–Crippen LogP) is 5.41. The van der Waals surface area contributed by atoms with Crippen LogP contribution in [-0.4, -0.2) is 47.9 Å². The van der Waals surface area contributed by atoms with Gasteiger partial charge in [-0.1, -0.05) is 24.3 Å². The first-order valence-corrected chi connectivity index (χ1v) is 12.2. The molecule has 15 heteroatoms. The van der Waals surface area contributed by atoms with E-state index in [2.05, 4.69) is 24.9 Å². The minimum Gasteiger partial charge on any atom is -0.480 e. The second-order valence-corrected chi connectivity index (χ2v) is 9.36. The fourth-order valence-electron chi connectivity index (χ4n) is 4.16. The van der Waals surface area contributed by atoms with E-state index in [0.29, 0.717) is 22.4 Å². The SMILES string of the molecule is COc1ncnc(C2CC2)c1-c1ncc(C(O)C(F)(F)F)c(OCc2ccc(-c3nc(C(F)(F)F)cn3C)cc2)n1. The lowest BCUT2D eigenvalue weighted by molar-refractivity contribution is -0.207. The zero-order chi connectivity index (χ0) is 29.5. The smallest absolute Gasteiger partial charge is 0.434 e. The van der Waals surface area contributed by atoms with Crippen LogP contribution in [0.1, 0.15) is 47.4 Å². The van der Waals surface area contributed by atoms with Crippen LogP contribution in [-0.2, 0) is 19.8 Å². The van der Waals surface area contributed by atoms with Crippen molar-refractivity contribution in [3.05, 3.63) is 65.5 Å². The second kappa shape index (κ2) is 10.6. The number of aliphatic hydroxyl groups excluding tert-OH is 1. The highest BCUT2D eigenvalue weighted by atomic mass is 19.4. The summed E-state index contributed by atoms with van der Waals surface area (Å²) in [5, 5.41) is 9.97. The summed E-state index contributed by atoms with van der Waals surface area (Å²) in [6.45, 7) is -0.277. The number of rotatable bonds is 8. The highest BCUT2D eigenvalue weighted by Crippen LogP contribution is 2.45.